The van der Waals surface area contributed by atoms with Crippen LogP contribution >= 0.6 is 11.8 Å². The van der Waals surface area contributed by atoms with E-state index in [2.05, 4.69) is 57.2 Å². The maximum absolute atomic E-state index is 2.30. The average molecular weight is 248 g/mol. The minimum absolute atomic E-state index is 0.677. The van der Waals surface area contributed by atoms with Gasteiger partial charge in [-0.25, -0.2) is 0 Å². The van der Waals surface area contributed by atoms with Gasteiger partial charge in [0.2, 0.25) is 0 Å². The smallest absolute Gasteiger partial charge is 0.00721 e. The molecule has 1 unspecified atom stereocenters. The van der Waals surface area contributed by atoms with E-state index < -0.39 is 0 Å². The van der Waals surface area contributed by atoms with Crippen LogP contribution in [0.3, 0.4) is 0 Å². The number of hydrogen-bond donors (Lipinski definition) is 0. The van der Waals surface area contributed by atoms with E-state index in [1.807, 2.05) is 11.8 Å². The fraction of sp³-hybridized carbons (Fsp3) is 0.500. The lowest BCUT2D eigenvalue weighted by Crippen LogP contribution is -1.95. The van der Waals surface area contributed by atoms with Crippen LogP contribution < -0.4 is 0 Å². The largest absolute Gasteiger partial charge is 0.126 e. The molecule has 0 saturated heterocycles. The van der Waals surface area contributed by atoms with Gasteiger partial charge >= 0.3 is 0 Å². The summed E-state index contributed by atoms with van der Waals surface area (Å²) in [4.78, 5) is 1.40. The molecule has 17 heavy (non-hydrogen) atoms. The molecule has 0 aliphatic heterocycles. The van der Waals surface area contributed by atoms with E-state index in [9.17, 15) is 0 Å². The van der Waals surface area contributed by atoms with Crippen molar-refractivity contribution < 1.29 is 0 Å². The highest BCUT2D eigenvalue weighted by Crippen LogP contribution is 2.26. The molecule has 0 bridgehead atoms. The van der Waals surface area contributed by atoms with Gasteiger partial charge in [0.25, 0.3) is 0 Å². The lowest BCUT2D eigenvalue weighted by Gasteiger charge is -2.13. The molecule has 1 aromatic rings. The quantitative estimate of drug-likeness (QED) is 0.444. The van der Waals surface area contributed by atoms with Crippen molar-refractivity contribution in [2.24, 2.45) is 0 Å². The van der Waals surface area contributed by atoms with E-state index in [0.29, 0.717) is 5.92 Å². The molecule has 0 heterocycles. The normalized spacial score (nSPS) is 13.1. The molecule has 1 atom stereocenters. The Morgan fingerprint density at radius 2 is 1.88 bits per heavy atom. The van der Waals surface area contributed by atoms with Crippen molar-refractivity contribution >= 4 is 11.8 Å². The number of allylic oxidation sites excluding steroid dienone is 2. The van der Waals surface area contributed by atoms with Crippen LogP contribution in [0.1, 0.15) is 51.5 Å². The summed E-state index contributed by atoms with van der Waals surface area (Å²) < 4.78 is 0. The first-order valence-corrected chi connectivity index (χ1v) is 7.64. The fourth-order valence-electron chi connectivity index (χ4n) is 1.89. The Labute approximate surface area is 111 Å². The maximum Gasteiger partial charge on any atom is 0.00721 e. The van der Waals surface area contributed by atoms with Gasteiger partial charge in [0.05, 0.1) is 0 Å². The summed E-state index contributed by atoms with van der Waals surface area (Å²) in [5.74, 6) is 1.89. The number of benzene rings is 1. The third-order valence-corrected chi connectivity index (χ3v) is 4.19. The summed E-state index contributed by atoms with van der Waals surface area (Å²) in [5.41, 5.74) is 1.48. The maximum atomic E-state index is 2.30. The first-order valence-electron chi connectivity index (χ1n) is 6.65. The SMILES string of the molecule is C/C=C\CC(CC)c1ccc(SCCC)cc1. The molecule has 0 saturated carbocycles. The second-order valence-corrected chi connectivity index (χ2v) is 5.50. The summed E-state index contributed by atoms with van der Waals surface area (Å²) in [6, 6.07) is 9.15. The van der Waals surface area contributed by atoms with Crippen LogP contribution in [0.4, 0.5) is 0 Å². The van der Waals surface area contributed by atoms with Crippen LogP contribution in [0.5, 0.6) is 0 Å². The minimum atomic E-state index is 0.677. The van der Waals surface area contributed by atoms with Crippen LogP contribution in [0.15, 0.2) is 41.3 Å². The van der Waals surface area contributed by atoms with E-state index in [-0.39, 0.29) is 0 Å². The third-order valence-electron chi connectivity index (χ3n) is 2.97. The van der Waals surface area contributed by atoms with Crippen molar-refractivity contribution in [2.75, 3.05) is 5.75 Å². The van der Waals surface area contributed by atoms with E-state index in [4.69, 9.17) is 0 Å². The molecule has 0 aliphatic rings. The lowest BCUT2D eigenvalue weighted by molar-refractivity contribution is 0.673. The van der Waals surface area contributed by atoms with Gasteiger partial charge in [-0.05, 0) is 55.6 Å². The Hall–Kier alpha value is -0.690. The highest BCUT2D eigenvalue weighted by molar-refractivity contribution is 7.99. The zero-order valence-electron chi connectivity index (χ0n) is 11.3. The van der Waals surface area contributed by atoms with Crippen molar-refractivity contribution in [3.8, 4) is 0 Å². The average Bonchev–Trinajstić information content (AvgIpc) is 2.38. The van der Waals surface area contributed by atoms with Crippen LogP contribution in [-0.4, -0.2) is 5.75 Å². The molecule has 0 aromatic heterocycles. The predicted octanol–water partition coefficient (Wildman–Crippen LogP) is 5.65. The van der Waals surface area contributed by atoms with Gasteiger partial charge in [-0.3, -0.25) is 0 Å². The fourth-order valence-corrected chi connectivity index (χ4v) is 2.66. The number of thioether (sulfide) groups is 1. The van der Waals surface area contributed by atoms with E-state index in [1.165, 1.54) is 29.1 Å². The second-order valence-electron chi connectivity index (χ2n) is 4.33. The molecular weight excluding hydrogens is 224 g/mol. The van der Waals surface area contributed by atoms with Crippen LogP contribution in [0.2, 0.25) is 0 Å². The van der Waals surface area contributed by atoms with Gasteiger partial charge in [-0.1, -0.05) is 38.1 Å². The van der Waals surface area contributed by atoms with Crippen molar-refractivity contribution in [1.82, 2.24) is 0 Å². The minimum Gasteiger partial charge on any atom is -0.126 e. The Morgan fingerprint density at radius 1 is 1.18 bits per heavy atom. The summed E-state index contributed by atoms with van der Waals surface area (Å²) in [6.45, 7) is 6.59. The second kappa shape index (κ2) is 8.41. The lowest BCUT2D eigenvalue weighted by atomic mass is 9.93. The molecule has 0 amide bonds. The van der Waals surface area contributed by atoms with Gasteiger partial charge in [-0.15, -0.1) is 11.8 Å². The van der Waals surface area contributed by atoms with Crippen LogP contribution in [-0.2, 0) is 0 Å². The van der Waals surface area contributed by atoms with Gasteiger partial charge in [0.15, 0.2) is 0 Å². The van der Waals surface area contributed by atoms with Gasteiger partial charge in [0, 0.05) is 4.90 Å². The number of rotatable bonds is 7. The van der Waals surface area contributed by atoms with E-state index in [0.717, 1.165) is 6.42 Å². The molecule has 0 radical (unpaired) electrons. The predicted molar refractivity (Wildman–Crippen MR) is 79.9 cm³/mol. The molecule has 0 fully saturated rings. The molecule has 0 nitrogen and oxygen atoms in total. The Morgan fingerprint density at radius 3 is 2.41 bits per heavy atom. The van der Waals surface area contributed by atoms with Crippen molar-refractivity contribution in [3.63, 3.8) is 0 Å². The van der Waals surface area contributed by atoms with Crippen LogP contribution in [0.25, 0.3) is 0 Å². The van der Waals surface area contributed by atoms with E-state index >= 15 is 0 Å². The first-order chi connectivity index (χ1) is 8.31. The molecule has 1 rings (SSSR count). The van der Waals surface area contributed by atoms with E-state index in [1.54, 1.807) is 0 Å². The zero-order valence-corrected chi connectivity index (χ0v) is 12.1. The Bertz CT molecular complexity index is 324. The summed E-state index contributed by atoms with van der Waals surface area (Å²) in [5, 5.41) is 0. The Kier molecular flexibility index (Phi) is 7.11. The highest BCUT2D eigenvalue weighted by atomic mass is 32.2. The molecule has 1 heteroatoms. The number of hydrogen-bond acceptors (Lipinski definition) is 1. The monoisotopic (exact) mass is 248 g/mol. The standard InChI is InChI=1S/C16H24S/c1-4-7-8-14(6-3)15-9-11-16(12-10-15)17-13-5-2/h4,7,9-12,14H,5-6,8,13H2,1-3H3/b7-4-. The summed E-state index contributed by atoms with van der Waals surface area (Å²) in [7, 11) is 0. The Balaban J connectivity index is 2.64. The molecule has 0 aliphatic carbocycles. The summed E-state index contributed by atoms with van der Waals surface area (Å²) in [6.07, 6.45) is 8.04. The van der Waals surface area contributed by atoms with Crippen molar-refractivity contribution in [2.45, 2.75) is 50.8 Å². The topological polar surface area (TPSA) is 0 Å². The van der Waals surface area contributed by atoms with Gasteiger partial charge in [-0.2, -0.15) is 0 Å². The van der Waals surface area contributed by atoms with Crippen molar-refractivity contribution in [1.29, 1.82) is 0 Å². The highest BCUT2D eigenvalue weighted by Gasteiger charge is 2.07. The third kappa shape index (κ3) is 4.99. The van der Waals surface area contributed by atoms with Gasteiger partial charge in [0.1, 0.15) is 0 Å². The van der Waals surface area contributed by atoms with Gasteiger partial charge < -0.3 is 0 Å². The molecular formula is C16H24S. The zero-order chi connectivity index (χ0) is 12.5. The first kappa shape index (κ1) is 14.4. The molecule has 0 N–H and O–H groups in total. The molecule has 1 aromatic carbocycles. The molecule has 0 spiro atoms. The van der Waals surface area contributed by atoms with Crippen LogP contribution in [0, 0.1) is 0 Å². The summed E-state index contributed by atoms with van der Waals surface area (Å²) >= 11 is 1.95. The molecule has 94 valence electrons. The van der Waals surface area contributed by atoms with Crippen molar-refractivity contribution in [3.05, 3.63) is 42.0 Å².